The Bertz CT molecular complexity index is 540. The Morgan fingerprint density at radius 2 is 2.00 bits per heavy atom. The molecule has 1 heterocycles. The number of pyridine rings is 1. The van der Waals surface area contributed by atoms with E-state index in [0.717, 1.165) is 6.26 Å². The second kappa shape index (κ2) is 4.73. The Balaban J connectivity index is 2.95. The van der Waals surface area contributed by atoms with E-state index in [1.54, 1.807) is 18.2 Å². The molecule has 1 N–H and O–H groups in total. The molecule has 0 aromatic carbocycles. The summed E-state index contributed by atoms with van der Waals surface area (Å²) in [5, 5.41) is 2.47. The zero-order valence-electron chi connectivity index (χ0n) is 9.69. The molecule has 0 aliphatic rings. The van der Waals surface area contributed by atoms with Crippen LogP contribution in [0.15, 0.2) is 22.8 Å². The molecule has 7 heteroatoms. The highest BCUT2D eigenvalue weighted by Gasteiger charge is 2.38. The Kier molecular flexibility index (Phi) is 3.93. The first-order chi connectivity index (χ1) is 7.64. The number of rotatable bonds is 3. The van der Waals surface area contributed by atoms with Crippen LogP contribution in [0.4, 0.5) is 5.82 Å². The Morgan fingerprint density at radius 1 is 1.41 bits per heavy atom. The summed E-state index contributed by atoms with van der Waals surface area (Å²) in [5.41, 5.74) is 0. The number of nitrogens with one attached hydrogen (secondary N) is 1. The number of nitrogens with zero attached hydrogens (tertiary/aromatic N) is 1. The molecule has 0 saturated heterocycles. The third-order valence-electron chi connectivity index (χ3n) is 2.43. The summed E-state index contributed by atoms with van der Waals surface area (Å²) in [4.78, 5) is 15.8. The lowest BCUT2D eigenvalue weighted by molar-refractivity contribution is -0.117. The first-order valence-electron chi connectivity index (χ1n) is 4.78. The van der Waals surface area contributed by atoms with E-state index in [4.69, 9.17) is 0 Å². The third kappa shape index (κ3) is 3.26. The number of hydrogen-bond donors (Lipinski definition) is 1. The molecular weight excluding hydrogens is 308 g/mol. The van der Waals surface area contributed by atoms with Crippen molar-refractivity contribution in [2.75, 3.05) is 11.6 Å². The molecule has 94 valence electrons. The van der Waals surface area contributed by atoms with Crippen molar-refractivity contribution in [3.05, 3.63) is 22.8 Å². The normalized spacial score (nSPS) is 12.2. The summed E-state index contributed by atoms with van der Waals surface area (Å²) < 4.78 is 22.0. The highest BCUT2D eigenvalue weighted by Crippen LogP contribution is 2.18. The first-order valence-corrected chi connectivity index (χ1v) is 7.46. The molecule has 0 saturated carbocycles. The second-order valence-electron chi connectivity index (χ2n) is 4.08. The number of aromatic nitrogens is 1. The Labute approximate surface area is 109 Å². The summed E-state index contributed by atoms with van der Waals surface area (Å²) in [5.74, 6) is -0.299. The van der Waals surface area contributed by atoms with E-state index in [9.17, 15) is 13.2 Å². The second-order valence-corrected chi connectivity index (χ2v) is 7.46. The number of anilines is 1. The number of carbonyl (C=O) groups excluding carboxylic acids is 1. The number of sulfone groups is 1. The maximum absolute atomic E-state index is 11.8. The molecule has 1 aromatic rings. The van der Waals surface area contributed by atoms with Crippen LogP contribution in [-0.4, -0.2) is 30.3 Å². The third-order valence-corrected chi connectivity index (χ3v) is 4.91. The molecule has 1 aromatic heterocycles. The van der Waals surface area contributed by atoms with Gasteiger partial charge in [0.05, 0.1) is 0 Å². The lowest BCUT2D eigenvalue weighted by Gasteiger charge is -2.21. The van der Waals surface area contributed by atoms with E-state index >= 15 is 0 Å². The lowest BCUT2D eigenvalue weighted by Crippen LogP contribution is -2.44. The van der Waals surface area contributed by atoms with Crippen molar-refractivity contribution >= 4 is 37.5 Å². The number of carbonyl (C=O) groups is 1. The van der Waals surface area contributed by atoms with Gasteiger partial charge in [-0.25, -0.2) is 13.4 Å². The van der Waals surface area contributed by atoms with E-state index < -0.39 is 20.5 Å². The minimum Gasteiger partial charge on any atom is -0.309 e. The topological polar surface area (TPSA) is 76.1 Å². The standard InChI is InChI=1S/C10H13BrN2O3S/c1-10(2,17(3,15)16)9(14)13-8-6-4-5-7(11)12-8/h4-6H,1-3H3,(H,12,13,14). The average Bonchev–Trinajstić information content (AvgIpc) is 2.15. The number of halogens is 1. The molecule has 0 atom stereocenters. The lowest BCUT2D eigenvalue weighted by atomic mass is 10.2. The molecule has 0 fully saturated rings. The van der Waals surface area contributed by atoms with E-state index in [0.29, 0.717) is 10.4 Å². The van der Waals surface area contributed by atoms with Gasteiger partial charge in [0.2, 0.25) is 5.91 Å². The van der Waals surface area contributed by atoms with Crippen LogP contribution in [-0.2, 0) is 14.6 Å². The van der Waals surface area contributed by atoms with Crippen LogP contribution < -0.4 is 5.32 Å². The molecular formula is C10H13BrN2O3S. The molecule has 0 spiro atoms. The SMILES string of the molecule is CC(C)(C(=O)Nc1cccc(Br)n1)S(C)(=O)=O. The van der Waals surface area contributed by atoms with Gasteiger partial charge in [0.1, 0.15) is 15.2 Å². The highest BCUT2D eigenvalue weighted by molar-refractivity contribution is 9.10. The molecule has 0 unspecified atom stereocenters. The fraction of sp³-hybridized carbons (Fsp3) is 0.400. The molecule has 1 amide bonds. The van der Waals surface area contributed by atoms with Gasteiger partial charge in [0.15, 0.2) is 9.84 Å². The van der Waals surface area contributed by atoms with Gasteiger partial charge in [-0.05, 0) is 41.9 Å². The van der Waals surface area contributed by atoms with Gasteiger partial charge in [0, 0.05) is 6.26 Å². The van der Waals surface area contributed by atoms with Crippen molar-refractivity contribution in [1.29, 1.82) is 0 Å². The molecule has 0 radical (unpaired) electrons. The molecule has 0 aliphatic heterocycles. The van der Waals surface area contributed by atoms with Crippen LogP contribution >= 0.6 is 15.9 Å². The highest BCUT2D eigenvalue weighted by atomic mass is 79.9. The fourth-order valence-electron chi connectivity index (χ4n) is 0.913. The van der Waals surface area contributed by atoms with Gasteiger partial charge in [-0.3, -0.25) is 4.79 Å². The molecule has 0 bridgehead atoms. The number of amides is 1. The predicted octanol–water partition coefficient (Wildman–Crippen LogP) is 1.61. The average molecular weight is 321 g/mol. The smallest absolute Gasteiger partial charge is 0.246 e. The summed E-state index contributed by atoms with van der Waals surface area (Å²) in [6.07, 6.45) is 1.03. The van der Waals surface area contributed by atoms with E-state index in [2.05, 4.69) is 26.2 Å². The van der Waals surface area contributed by atoms with Gasteiger partial charge >= 0.3 is 0 Å². The fourth-order valence-corrected chi connectivity index (χ4v) is 1.64. The summed E-state index contributed by atoms with van der Waals surface area (Å²) in [6, 6.07) is 4.98. The Morgan fingerprint density at radius 3 is 2.47 bits per heavy atom. The zero-order valence-corrected chi connectivity index (χ0v) is 12.1. The van der Waals surface area contributed by atoms with Crippen LogP contribution in [0.3, 0.4) is 0 Å². The van der Waals surface area contributed by atoms with Gasteiger partial charge in [-0.1, -0.05) is 6.07 Å². The van der Waals surface area contributed by atoms with E-state index in [1.807, 2.05) is 0 Å². The van der Waals surface area contributed by atoms with Crippen LogP contribution in [0.2, 0.25) is 0 Å². The van der Waals surface area contributed by atoms with Crippen molar-refractivity contribution in [2.24, 2.45) is 0 Å². The largest absolute Gasteiger partial charge is 0.309 e. The zero-order chi connectivity index (χ0) is 13.3. The van der Waals surface area contributed by atoms with Crippen molar-refractivity contribution < 1.29 is 13.2 Å². The monoisotopic (exact) mass is 320 g/mol. The summed E-state index contributed by atoms with van der Waals surface area (Å²) >= 11 is 3.16. The van der Waals surface area contributed by atoms with Crippen molar-refractivity contribution in [2.45, 2.75) is 18.6 Å². The molecule has 1 rings (SSSR count). The van der Waals surface area contributed by atoms with Gasteiger partial charge < -0.3 is 5.32 Å². The summed E-state index contributed by atoms with van der Waals surface area (Å²) in [6.45, 7) is 2.71. The van der Waals surface area contributed by atoms with Crippen LogP contribution in [0.1, 0.15) is 13.8 Å². The minimum atomic E-state index is -3.48. The molecule has 5 nitrogen and oxygen atoms in total. The molecule has 0 aliphatic carbocycles. The summed E-state index contributed by atoms with van der Waals surface area (Å²) in [7, 11) is -3.48. The van der Waals surface area contributed by atoms with Crippen molar-refractivity contribution in [1.82, 2.24) is 4.98 Å². The van der Waals surface area contributed by atoms with Gasteiger partial charge in [0.25, 0.3) is 0 Å². The van der Waals surface area contributed by atoms with Gasteiger partial charge in [-0.15, -0.1) is 0 Å². The minimum absolute atomic E-state index is 0.307. The maximum atomic E-state index is 11.8. The van der Waals surface area contributed by atoms with E-state index in [1.165, 1.54) is 13.8 Å². The first kappa shape index (κ1) is 14.1. The van der Waals surface area contributed by atoms with Crippen LogP contribution in [0.5, 0.6) is 0 Å². The van der Waals surface area contributed by atoms with Gasteiger partial charge in [-0.2, -0.15) is 0 Å². The van der Waals surface area contributed by atoms with Crippen molar-refractivity contribution in [3.8, 4) is 0 Å². The number of hydrogen-bond acceptors (Lipinski definition) is 4. The quantitative estimate of drug-likeness (QED) is 0.858. The van der Waals surface area contributed by atoms with Crippen LogP contribution in [0, 0.1) is 0 Å². The molecule has 17 heavy (non-hydrogen) atoms. The van der Waals surface area contributed by atoms with Crippen molar-refractivity contribution in [3.63, 3.8) is 0 Å². The van der Waals surface area contributed by atoms with E-state index in [-0.39, 0.29) is 0 Å². The maximum Gasteiger partial charge on any atom is 0.246 e. The predicted molar refractivity (Wildman–Crippen MR) is 69.5 cm³/mol. The van der Waals surface area contributed by atoms with Crippen LogP contribution in [0.25, 0.3) is 0 Å². The Hall–Kier alpha value is -0.950.